The van der Waals surface area contributed by atoms with Crippen molar-refractivity contribution in [3.05, 3.63) is 27.2 Å². The summed E-state index contributed by atoms with van der Waals surface area (Å²) in [6.45, 7) is 5.59. The molecule has 96 valence electrons. The molecule has 0 aliphatic heterocycles. The van der Waals surface area contributed by atoms with Crippen LogP contribution in [0.3, 0.4) is 0 Å². The van der Waals surface area contributed by atoms with Gasteiger partial charge in [-0.25, -0.2) is 8.42 Å². The van der Waals surface area contributed by atoms with E-state index < -0.39 is 9.05 Å². The van der Waals surface area contributed by atoms with Gasteiger partial charge in [-0.1, -0.05) is 29.8 Å². The second-order valence-electron chi connectivity index (χ2n) is 4.24. The van der Waals surface area contributed by atoms with E-state index in [0.29, 0.717) is 16.7 Å². The molecule has 0 heterocycles. The number of hydrogen-bond acceptors (Lipinski definition) is 3. The summed E-state index contributed by atoms with van der Waals surface area (Å²) in [5.41, 5.74) is 1.76. The van der Waals surface area contributed by atoms with E-state index in [-0.39, 0.29) is 17.4 Å². The largest absolute Gasteiger partial charge is 0.507 e. The van der Waals surface area contributed by atoms with Crippen LogP contribution in [0, 0.1) is 6.92 Å². The fraction of sp³-hybridized carbons (Fsp3) is 0.455. The molecule has 0 aliphatic carbocycles. The Hall–Kier alpha value is -0.260. The second kappa shape index (κ2) is 5.16. The van der Waals surface area contributed by atoms with Gasteiger partial charge in [-0.05, 0) is 30.0 Å². The maximum absolute atomic E-state index is 11.1. The molecule has 0 saturated heterocycles. The molecule has 0 saturated carbocycles. The Labute approximate surface area is 114 Å². The summed E-state index contributed by atoms with van der Waals surface area (Å²) in [4.78, 5) is 0. The Morgan fingerprint density at radius 1 is 1.47 bits per heavy atom. The summed E-state index contributed by atoms with van der Waals surface area (Å²) in [5, 5.41) is 10.1. The third-order valence-electron chi connectivity index (χ3n) is 2.59. The smallest absolute Gasteiger partial charge is 0.236 e. The summed E-state index contributed by atoms with van der Waals surface area (Å²) in [6, 6.07) is 1.81. The van der Waals surface area contributed by atoms with Crippen molar-refractivity contribution in [1.29, 1.82) is 0 Å². The van der Waals surface area contributed by atoms with Crippen molar-refractivity contribution >= 4 is 35.7 Å². The van der Waals surface area contributed by atoms with Crippen LogP contribution in [0.1, 0.15) is 36.5 Å². The first-order chi connectivity index (χ1) is 7.63. The first-order valence-corrected chi connectivity index (χ1v) is 8.33. The van der Waals surface area contributed by atoms with Gasteiger partial charge in [0.2, 0.25) is 9.05 Å². The van der Waals surface area contributed by atoms with Gasteiger partial charge in [0.15, 0.2) is 0 Å². The van der Waals surface area contributed by atoms with Crippen molar-refractivity contribution < 1.29 is 13.5 Å². The lowest BCUT2D eigenvalue weighted by molar-refractivity contribution is 0.458. The van der Waals surface area contributed by atoms with Crippen molar-refractivity contribution in [2.75, 3.05) is 0 Å². The van der Waals surface area contributed by atoms with Crippen molar-refractivity contribution in [2.45, 2.75) is 32.4 Å². The normalized spacial score (nSPS) is 12.1. The first-order valence-electron chi connectivity index (χ1n) is 5.06. The third-order valence-corrected chi connectivity index (χ3v) is 4.38. The lowest BCUT2D eigenvalue weighted by Crippen LogP contribution is -2.02. The van der Waals surface area contributed by atoms with Crippen molar-refractivity contribution in [2.24, 2.45) is 0 Å². The van der Waals surface area contributed by atoms with Crippen LogP contribution in [0.25, 0.3) is 0 Å². The predicted molar refractivity (Wildman–Crippen MR) is 73.1 cm³/mol. The zero-order valence-electron chi connectivity index (χ0n) is 9.79. The monoisotopic (exact) mass is 340 g/mol. The molecule has 1 aromatic rings. The SMILES string of the molecule is Cc1c(Br)cc(C(C)C)c(O)c1CS(=O)(=O)Cl. The molecule has 1 N–H and O–H groups in total. The molecule has 0 bridgehead atoms. The van der Waals surface area contributed by atoms with E-state index in [1.54, 1.807) is 13.0 Å². The predicted octanol–water partition coefficient (Wildman–Crippen LogP) is 3.66. The molecule has 0 aliphatic rings. The zero-order chi connectivity index (χ0) is 13.4. The highest BCUT2D eigenvalue weighted by atomic mass is 79.9. The summed E-state index contributed by atoms with van der Waals surface area (Å²) in [6.07, 6.45) is 0. The van der Waals surface area contributed by atoms with E-state index in [2.05, 4.69) is 15.9 Å². The fourth-order valence-corrected chi connectivity index (χ4v) is 3.11. The molecule has 0 atom stereocenters. The molecular weight excluding hydrogens is 328 g/mol. The zero-order valence-corrected chi connectivity index (χ0v) is 12.9. The minimum Gasteiger partial charge on any atom is -0.507 e. The summed E-state index contributed by atoms with van der Waals surface area (Å²) < 4.78 is 23.0. The molecule has 0 amide bonds. The van der Waals surface area contributed by atoms with Crippen molar-refractivity contribution in [3.8, 4) is 5.75 Å². The van der Waals surface area contributed by atoms with Gasteiger partial charge in [0.25, 0.3) is 0 Å². The van der Waals surface area contributed by atoms with Gasteiger partial charge in [-0.3, -0.25) is 0 Å². The lowest BCUT2D eigenvalue weighted by Gasteiger charge is -2.16. The van der Waals surface area contributed by atoms with Crippen LogP contribution in [0.4, 0.5) is 0 Å². The van der Waals surface area contributed by atoms with E-state index in [9.17, 15) is 13.5 Å². The molecule has 6 heteroatoms. The lowest BCUT2D eigenvalue weighted by atomic mass is 9.97. The highest BCUT2D eigenvalue weighted by molar-refractivity contribution is 9.10. The summed E-state index contributed by atoms with van der Waals surface area (Å²) in [7, 11) is 1.55. The van der Waals surface area contributed by atoms with Crippen LogP contribution in [0.5, 0.6) is 5.75 Å². The molecule has 1 aromatic carbocycles. The average Bonchev–Trinajstić information content (AvgIpc) is 2.16. The average molecular weight is 342 g/mol. The van der Waals surface area contributed by atoms with Crippen LogP contribution < -0.4 is 0 Å². The quantitative estimate of drug-likeness (QED) is 0.854. The van der Waals surface area contributed by atoms with Crippen LogP contribution >= 0.6 is 26.6 Å². The number of aromatic hydroxyl groups is 1. The Kier molecular flexibility index (Phi) is 4.49. The molecule has 0 fully saturated rings. The molecular formula is C11H14BrClO3S. The second-order valence-corrected chi connectivity index (χ2v) is 7.87. The van der Waals surface area contributed by atoms with Crippen LogP contribution in [0.2, 0.25) is 0 Å². The van der Waals surface area contributed by atoms with Crippen molar-refractivity contribution in [3.63, 3.8) is 0 Å². The minimum atomic E-state index is -3.69. The van der Waals surface area contributed by atoms with Gasteiger partial charge < -0.3 is 5.11 Å². The Morgan fingerprint density at radius 3 is 2.41 bits per heavy atom. The number of halogens is 2. The van der Waals surface area contributed by atoms with Gasteiger partial charge >= 0.3 is 0 Å². The molecule has 0 unspecified atom stereocenters. The van der Waals surface area contributed by atoms with E-state index in [0.717, 1.165) is 4.47 Å². The van der Waals surface area contributed by atoms with Crippen LogP contribution in [-0.4, -0.2) is 13.5 Å². The molecule has 0 spiro atoms. The Morgan fingerprint density at radius 2 is 2.00 bits per heavy atom. The summed E-state index contributed by atoms with van der Waals surface area (Å²) >= 11 is 3.36. The van der Waals surface area contributed by atoms with Gasteiger partial charge in [0.05, 0.1) is 5.75 Å². The Balaban J connectivity index is 3.47. The maximum Gasteiger partial charge on any atom is 0.236 e. The van der Waals surface area contributed by atoms with E-state index in [1.165, 1.54) is 0 Å². The van der Waals surface area contributed by atoms with Gasteiger partial charge in [0, 0.05) is 20.7 Å². The molecule has 0 aromatic heterocycles. The molecule has 1 rings (SSSR count). The molecule has 17 heavy (non-hydrogen) atoms. The van der Waals surface area contributed by atoms with E-state index in [1.807, 2.05) is 13.8 Å². The standard InChI is InChI=1S/C11H14BrClO3S/c1-6(2)8-4-10(12)7(3)9(11(8)14)5-17(13,15)16/h4,6,14H,5H2,1-3H3. The number of phenolic OH excluding ortho intramolecular Hbond substituents is 1. The van der Waals surface area contributed by atoms with E-state index >= 15 is 0 Å². The molecule has 0 radical (unpaired) electrons. The maximum atomic E-state index is 11.1. The number of benzene rings is 1. The summed E-state index contributed by atoms with van der Waals surface area (Å²) in [5.74, 6) is -0.251. The van der Waals surface area contributed by atoms with Crippen LogP contribution in [-0.2, 0) is 14.8 Å². The van der Waals surface area contributed by atoms with Crippen LogP contribution in [0.15, 0.2) is 10.5 Å². The third kappa shape index (κ3) is 3.60. The first kappa shape index (κ1) is 14.8. The highest BCUT2D eigenvalue weighted by Gasteiger charge is 2.19. The minimum absolute atomic E-state index is 0.0184. The fourth-order valence-electron chi connectivity index (χ4n) is 1.60. The number of hydrogen-bond donors (Lipinski definition) is 1. The topological polar surface area (TPSA) is 54.4 Å². The van der Waals surface area contributed by atoms with Gasteiger partial charge in [-0.2, -0.15) is 0 Å². The number of phenols is 1. The van der Waals surface area contributed by atoms with Gasteiger partial charge in [0.1, 0.15) is 5.75 Å². The van der Waals surface area contributed by atoms with Crippen molar-refractivity contribution in [1.82, 2.24) is 0 Å². The van der Waals surface area contributed by atoms with Gasteiger partial charge in [-0.15, -0.1) is 0 Å². The Bertz CT molecular complexity index is 538. The highest BCUT2D eigenvalue weighted by Crippen LogP contribution is 2.37. The van der Waals surface area contributed by atoms with E-state index in [4.69, 9.17) is 10.7 Å². The number of rotatable bonds is 3. The molecule has 3 nitrogen and oxygen atoms in total.